The van der Waals surface area contributed by atoms with Crippen LogP contribution in [0.3, 0.4) is 0 Å². The number of hydrogen-bond donors (Lipinski definition) is 2. The minimum atomic E-state index is -0.932. The number of carbonyl (C=O) groups is 4. The molecule has 3 heterocycles. The second-order valence-electron chi connectivity index (χ2n) is 8.47. The van der Waals surface area contributed by atoms with E-state index in [-0.39, 0.29) is 29.0 Å². The Morgan fingerprint density at radius 2 is 2.12 bits per heavy atom. The van der Waals surface area contributed by atoms with Crippen LogP contribution in [0.4, 0.5) is 9.80 Å². The van der Waals surface area contributed by atoms with E-state index in [1.165, 1.54) is 0 Å². The van der Waals surface area contributed by atoms with Gasteiger partial charge in [-0.05, 0) is 44.7 Å². The molecular weight excluding hydrogens is 446 g/mol. The number of esters is 1. The molecule has 0 radical (unpaired) electrons. The lowest BCUT2D eigenvalue weighted by atomic mass is 9.73. The van der Waals surface area contributed by atoms with E-state index in [1.54, 1.807) is 31.4 Å². The van der Waals surface area contributed by atoms with E-state index < -0.39 is 30.0 Å². The number of nitrogens with zero attached hydrogens (tertiary/aromatic N) is 1. The van der Waals surface area contributed by atoms with E-state index in [1.807, 2.05) is 6.92 Å². The summed E-state index contributed by atoms with van der Waals surface area (Å²) in [6.07, 6.45) is 3.28. The Morgan fingerprint density at radius 1 is 1.33 bits per heavy atom. The van der Waals surface area contributed by atoms with E-state index in [2.05, 4.69) is 10.6 Å². The average Bonchev–Trinajstić information content (AvgIpc) is 3.44. The molecule has 4 amide bonds. The summed E-state index contributed by atoms with van der Waals surface area (Å²) in [5.41, 5.74) is -0.246. The first-order chi connectivity index (χ1) is 15.8. The molecule has 4 rings (SSSR count). The van der Waals surface area contributed by atoms with Gasteiger partial charge in [-0.25, -0.2) is 9.59 Å². The Bertz CT molecular complexity index is 1110. The molecule has 1 saturated heterocycles. The molecule has 2 aromatic rings. The van der Waals surface area contributed by atoms with Crippen LogP contribution in [0.25, 0.3) is 11.3 Å². The monoisotopic (exact) mass is 473 g/mol. The predicted octanol–water partition coefficient (Wildman–Crippen LogP) is 3.93. The Balaban J connectivity index is 1.54. The fourth-order valence-electron chi connectivity index (χ4n) is 4.57. The molecule has 2 N–H and O–H groups in total. The molecule has 176 valence electrons. The third-order valence-corrected chi connectivity index (χ3v) is 7.23. The van der Waals surface area contributed by atoms with Crippen LogP contribution in [0.15, 0.2) is 21.9 Å². The molecule has 2 aliphatic rings. The number of carbonyl (C=O) groups excluding carboxylic acids is 4. The van der Waals surface area contributed by atoms with Gasteiger partial charge < -0.3 is 19.8 Å². The van der Waals surface area contributed by atoms with E-state index in [9.17, 15) is 19.2 Å². The van der Waals surface area contributed by atoms with Gasteiger partial charge in [-0.1, -0.05) is 19.8 Å². The smallest absolute Gasteiger partial charge is 0.341 e. The molecule has 1 aliphatic carbocycles. The molecule has 9 nitrogen and oxygen atoms in total. The second kappa shape index (κ2) is 9.01. The van der Waals surface area contributed by atoms with Crippen LogP contribution < -0.4 is 10.6 Å². The molecule has 0 bridgehead atoms. The highest BCUT2D eigenvalue weighted by molar-refractivity contribution is 7.15. The fraction of sp³-hybridized carbons (Fsp3) is 0.478. The van der Waals surface area contributed by atoms with Crippen molar-refractivity contribution in [3.63, 3.8) is 0 Å². The third kappa shape index (κ3) is 4.15. The number of furan rings is 1. The van der Waals surface area contributed by atoms with Crippen molar-refractivity contribution in [1.29, 1.82) is 0 Å². The predicted molar refractivity (Wildman–Crippen MR) is 122 cm³/mol. The zero-order valence-electron chi connectivity index (χ0n) is 18.9. The van der Waals surface area contributed by atoms with Crippen LogP contribution in [0.2, 0.25) is 0 Å². The van der Waals surface area contributed by atoms with Crippen molar-refractivity contribution in [1.82, 2.24) is 10.2 Å². The van der Waals surface area contributed by atoms with Gasteiger partial charge in [-0.15, -0.1) is 11.3 Å². The minimum absolute atomic E-state index is 0.00258. The summed E-state index contributed by atoms with van der Waals surface area (Å²) >= 11 is 1.15. The summed E-state index contributed by atoms with van der Waals surface area (Å²) in [5.74, 6) is -0.367. The lowest BCUT2D eigenvalue weighted by Gasteiger charge is -2.36. The second-order valence-corrected chi connectivity index (χ2v) is 9.35. The summed E-state index contributed by atoms with van der Waals surface area (Å²) < 4.78 is 10.8. The van der Waals surface area contributed by atoms with Gasteiger partial charge in [0.1, 0.15) is 34.2 Å². The number of thiophene rings is 1. The van der Waals surface area contributed by atoms with E-state index in [4.69, 9.17) is 9.15 Å². The Morgan fingerprint density at radius 3 is 2.79 bits per heavy atom. The van der Waals surface area contributed by atoms with Gasteiger partial charge in [0, 0.05) is 10.9 Å². The SMILES string of the molecule is CCOC(=O)c1c(-c2ccc(C)o2)csc1NC(=O)CN1C(=O)N[C@]2(CCCC[C@H]2C)C1=O. The highest BCUT2D eigenvalue weighted by Gasteiger charge is 2.55. The topological polar surface area (TPSA) is 118 Å². The normalized spacial score (nSPS) is 22.5. The number of nitrogens with one attached hydrogen (secondary N) is 2. The molecule has 2 atom stereocenters. The van der Waals surface area contributed by atoms with Crippen LogP contribution in [-0.2, 0) is 14.3 Å². The zero-order valence-corrected chi connectivity index (χ0v) is 19.7. The lowest BCUT2D eigenvalue weighted by Crippen LogP contribution is -2.54. The van der Waals surface area contributed by atoms with Gasteiger partial charge in [0.2, 0.25) is 5.91 Å². The molecule has 2 fully saturated rings. The summed E-state index contributed by atoms with van der Waals surface area (Å²) in [7, 11) is 0. The molecule has 1 saturated carbocycles. The fourth-order valence-corrected chi connectivity index (χ4v) is 5.52. The third-order valence-electron chi connectivity index (χ3n) is 6.33. The molecule has 0 aromatic carbocycles. The van der Waals surface area contributed by atoms with Gasteiger partial charge >= 0.3 is 12.0 Å². The van der Waals surface area contributed by atoms with Crippen molar-refractivity contribution < 1.29 is 28.3 Å². The van der Waals surface area contributed by atoms with Crippen LogP contribution in [-0.4, -0.2) is 47.4 Å². The molecule has 1 aliphatic heterocycles. The number of ether oxygens (including phenoxy) is 1. The molecular formula is C23H27N3O6S. The van der Waals surface area contributed by atoms with Crippen LogP contribution >= 0.6 is 11.3 Å². The maximum absolute atomic E-state index is 13.1. The Labute approximate surface area is 195 Å². The minimum Gasteiger partial charge on any atom is -0.462 e. The van der Waals surface area contributed by atoms with Crippen molar-refractivity contribution in [2.75, 3.05) is 18.5 Å². The van der Waals surface area contributed by atoms with Crippen LogP contribution in [0, 0.1) is 12.8 Å². The lowest BCUT2D eigenvalue weighted by molar-refractivity contribution is -0.136. The number of amides is 4. The van der Waals surface area contributed by atoms with Crippen LogP contribution in [0.1, 0.15) is 55.6 Å². The maximum atomic E-state index is 13.1. The van der Waals surface area contributed by atoms with Crippen molar-refractivity contribution in [3.05, 3.63) is 28.8 Å². The molecule has 33 heavy (non-hydrogen) atoms. The molecule has 0 unspecified atom stereocenters. The first-order valence-corrected chi connectivity index (χ1v) is 11.9. The standard InChI is InChI=1S/C23H27N3O6S/c1-4-31-20(28)18-15(16-9-8-14(3)32-16)12-33-19(18)24-17(27)11-26-21(29)23(25-22(26)30)10-6-5-7-13(23)2/h8-9,12-13H,4-7,10-11H2,1-3H3,(H,24,27)(H,25,30)/t13-,23+/m1/s1. The average molecular weight is 474 g/mol. The number of imide groups is 1. The highest BCUT2D eigenvalue weighted by atomic mass is 32.1. The van der Waals surface area contributed by atoms with E-state index >= 15 is 0 Å². The summed E-state index contributed by atoms with van der Waals surface area (Å²) in [6.45, 7) is 5.17. The first kappa shape index (κ1) is 23.0. The van der Waals surface area contributed by atoms with E-state index in [0.717, 1.165) is 35.5 Å². The van der Waals surface area contributed by atoms with Gasteiger partial charge in [-0.2, -0.15) is 0 Å². The molecule has 2 aromatic heterocycles. The number of aryl methyl sites for hydroxylation is 1. The number of anilines is 1. The Hall–Kier alpha value is -3.14. The maximum Gasteiger partial charge on any atom is 0.341 e. The number of rotatable bonds is 6. The van der Waals surface area contributed by atoms with Crippen molar-refractivity contribution >= 4 is 40.2 Å². The summed E-state index contributed by atoms with van der Waals surface area (Å²) in [4.78, 5) is 52.2. The van der Waals surface area contributed by atoms with Gasteiger partial charge in [0.15, 0.2) is 0 Å². The van der Waals surface area contributed by atoms with Gasteiger partial charge in [0.05, 0.1) is 6.61 Å². The van der Waals surface area contributed by atoms with E-state index in [0.29, 0.717) is 23.5 Å². The van der Waals surface area contributed by atoms with Crippen molar-refractivity contribution in [2.45, 2.75) is 52.0 Å². The summed E-state index contributed by atoms with van der Waals surface area (Å²) in [6, 6.07) is 2.95. The molecule has 1 spiro atoms. The van der Waals surface area contributed by atoms with Crippen molar-refractivity contribution in [2.24, 2.45) is 5.92 Å². The zero-order chi connectivity index (χ0) is 23.8. The van der Waals surface area contributed by atoms with Gasteiger partial charge in [-0.3, -0.25) is 14.5 Å². The van der Waals surface area contributed by atoms with Gasteiger partial charge in [0.25, 0.3) is 5.91 Å². The number of hydrogen-bond acceptors (Lipinski definition) is 7. The Kier molecular flexibility index (Phi) is 6.29. The number of urea groups is 1. The quantitative estimate of drug-likeness (QED) is 0.485. The van der Waals surface area contributed by atoms with Crippen molar-refractivity contribution in [3.8, 4) is 11.3 Å². The largest absolute Gasteiger partial charge is 0.462 e. The first-order valence-electron chi connectivity index (χ1n) is 11.1. The van der Waals surface area contributed by atoms with Crippen LogP contribution in [0.5, 0.6) is 0 Å². The summed E-state index contributed by atoms with van der Waals surface area (Å²) in [5, 5.41) is 7.49. The highest BCUT2D eigenvalue weighted by Crippen LogP contribution is 2.39. The molecule has 10 heteroatoms.